The van der Waals surface area contributed by atoms with Gasteiger partial charge in [-0.25, -0.2) is 0 Å². The van der Waals surface area contributed by atoms with Crippen LogP contribution in [0.5, 0.6) is 0 Å². The average molecular weight is 341 g/mol. The van der Waals surface area contributed by atoms with Crippen LogP contribution >= 0.6 is 0 Å². The van der Waals surface area contributed by atoms with Crippen LogP contribution in [-0.4, -0.2) is 11.0 Å². The van der Waals surface area contributed by atoms with Gasteiger partial charge in [-0.15, -0.1) is 0 Å². The van der Waals surface area contributed by atoms with Crippen LogP contribution in [-0.2, 0) is 22.6 Å². The van der Waals surface area contributed by atoms with E-state index < -0.39 is 0 Å². The first-order valence-corrected chi connectivity index (χ1v) is 8.64. The Hall–Kier alpha value is -3.33. The van der Waals surface area contributed by atoms with Crippen molar-refractivity contribution in [3.8, 4) is 11.1 Å². The highest BCUT2D eigenvalue weighted by Gasteiger charge is 2.10. The lowest BCUT2D eigenvalue weighted by molar-refractivity contribution is -0.144. The molecule has 4 rings (SSSR count). The van der Waals surface area contributed by atoms with E-state index in [2.05, 4.69) is 29.2 Å². The molecule has 1 aromatic heterocycles. The summed E-state index contributed by atoms with van der Waals surface area (Å²) in [4.78, 5) is 15.4. The summed E-state index contributed by atoms with van der Waals surface area (Å²) in [7, 11) is 0. The molecular formula is C23H19NO2. The Kier molecular flexibility index (Phi) is 4.52. The molecule has 0 fully saturated rings. The number of H-pyrrole nitrogens is 1. The topological polar surface area (TPSA) is 42.1 Å². The molecule has 0 saturated carbocycles. The molecule has 3 aromatic carbocycles. The minimum Gasteiger partial charge on any atom is -0.461 e. The van der Waals surface area contributed by atoms with Crippen molar-refractivity contribution in [2.24, 2.45) is 0 Å². The summed E-state index contributed by atoms with van der Waals surface area (Å²) in [6, 6.07) is 26.3. The minimum absolute atomic E-state index is 0.220. The number of para-hydroxylation sites is 1. The van der Waals surface area contributed by atoms with Gasteiger partial charge in [0, 0.05) is 17.1 Å². The first kappa shape index (κ1) is 16.2. The van der Waals surface area contributed by atoms with E-state index in [0.717, 1.165) is 27.6 Å². The van der Waals surface area contributed by atoms with Crippen LogP contribution in [0, 0.1) is 0 Å². The van der Waals surface area contributed by atoms with Gasteiger partial charge in [0.15, 0.2) is 0 Å². The second-order valence-electron chi connectivity index (χ2n) is 6.26. The van der Waals surface area contributed by atoms with Gasteiger partial charge in [-0.05, 0) is 28.3 Å². The molecule has 1 N–H and O–H groups in total. The number of benzene rings is 3. The van der Waals surface area contributed by atoms with Crippen LogP contribution < -0.4 is 0 Å². The van der Waals surface area contributed by atoms with Crippen molar-refractivity contribution in [1.29, 1.82) is 0 Å². The third-order valence-corrected chi connectivity index (χ3v) is 4.47. The third kappa shape index (κ3) is 3.52. The molecule has 0 aliphatic heterocycles. The van der Waals surface area contributed by atoms with Crippen molar-refractivity contribution in [3.05, 3.63) is 96.2 Å². The molecule has 128 valence electrons. The lowest BCUT2D eigenvalue weighted by atomic mass is 10.0. The van der Waals surface area contributed by atoms with E-state index in [1.54, 1.807) is 0 Å². The van der Waals surface area contributed by atoms with Crippen LogP contribution in [0.4, 0.5) is 0 Å². The molecule has 0 spiro atoms. The lowest BCUT2D eigenvalue weighted by Crippen LogP contribution is -2.07. The van der Waals surface area contributed by atoms with Crippen molar-refractivity contribution in [1.82, 2.24) is 4.98 Å². The number of nitrogens with one attached hydrogen (secondary N) is 1. The number of fused-ring (bicyclic) bond motifs is 1. The number of hydrogen-bond donors (Lipinski definition) is 1. The van der Waals surface area contributed by atoms with Gasteiger partial charge < -0.3 is 9.72 Å². The van der Waals surface area contributed by atoms with Gasteiger partial charge in [0.1, 0.15) is 6.61 Å². The standard InChI is InChI=1S/C23H19NO2/c25-23(14-20-15-24-22-9-5-4-8-21(20)22)26-16-17-10-12-19(13-11-17)18-6-2-1-3-7-18/h1-13,15,24H,14,16H2. The summed E-state index contributed by atoms with van der Waals surface area (Å²) in [6.07, 6.45) is 2.15. The van der Waals surface area contributed by atoms with Gasteiger partial charge in [-0.3, -0.25) is 4.79 Å². The quantitative estimate of drug-likeness (QED) is 0.512. The number of rotatable bonds is 5. The minimum atomic E-state index is -0.220. The van der Waals surface area contributed by atoms with Crippen molar-refractivity contribution >= 4 is 16.9 Å². The van der Waals surface area contributed by atoms with Crippen LogP contribution in [0.1, 0.15) is 11.1 Å². The van der Waals surface area contributed by atoms with Crippen LogP contribution in [0.3, 0.4) is 0 Å². The maximum atomic E-state index is 12.2. The van der Waals surface area contributed by atoms with Gasteiger partial charge in [-0.1, -0.05) is 72.8 Å². The Bertz CT molecular complexity index is 1020. The molecule has 0 aliphatic rings. The molecule has 1 heterocycles. The zero-order valence-electron chi connectivity index (χ0n) is 14.3. The molecular weight excluding hydrogens is 322 g/mol. The third-order valence-electron chi connectivity index (χ3n) is 4.47. The largest absolute Gasteiger partial charge is 0.461 e. The summed E-state index contributed by atoms with van der Waals surface area (Å²) in [5.41, 5.74) is 5.31. The summed E-state index contributed by atoms with van der Waals surface area (Å²) >= 11 is 0. The Morgan fingerprint density at radius 3 is 2.31 bits per heavy atom. The fourth-order valence-electron chi connectivity index (χ4n) is 3.07. The summed E-state index contributed by atoms with van der Waals surface area (Å²) < 4.78 is 5.44. The summed E-state index contributed by atoms with van der Waals surface area (Å²) in [5.74, 6) is -0.220. The van der Waals surface area contributed by atoms with Gasteiger partial charge in [-0.2, -0.15) is 0 Å². The Morgan fingerprint density at radius 2 is 1.50 bits per heavy atom. The van der Waals surface area contributed by atoms with Crippen molar-refractivity contribution in [2.75, 3.05) is 0 Å². The predicted molar refractivity (Wildman–Crippen MR) is 104 cm³/mol. The monoisotopic (exact) mass is 341 g/mol. The van der Waals surface area contributed by atoms with E-state index in [-0.39, 0.29) is 19.0 Å². The predicted octanol–water partition coefficient (Wildman–Crippen LogP) is 5.12. The smallest absolute Gasteiger partial charge is 0.310 e. The zero-order valence-corrected chi connectivity index (χ0v) is 14.3. The van der Waals surface area contributed by atoms with E-state index in [1.807, 2.05) is 60.8 Å². The molecule has 0 radical (unpaired) electrons. The first-order valence-electron chi connectivity index (χ1n) is 8.64. The Morgan fingerprint density at radius 1 is 0.808 bits per heavy atom. The second kappa shape index (κ2) is 7.28. The molecule has 26 heavy (non-hydrogen) atoms. The first-order chi connectivity index (χ1) is 12.8. The fourth-order valence-corrected chi connectivity index (χ4v) is 3.07. The van der Waals surface area contributed by atoms with Crippen molar-refractivity contribution < 1.29 is 9.53 Å². The number of carbonyl (C=O) groups is 1. The summed E-state index contributed by atoms with van der Waals surface area (Å²) in [5, 5.41) is 1.07. The molecule has 0 saturated heterocycles. The zero-order chi connectivity index (χ0) is 17.8. The SMILES string of the molecule is O=C(Cc1c[nH]c2ccccc12)OCc1ccc(-c2ccccc2)cc1. The van der Waals surface area contributed by atoms with Gasteiger partial charge in [0.25, 0.3) is 0 Å². The molecule has 0 unspecified atom stereocenters. The van der Waals surface area contributed by atoms with Gasteiger partial charge >= 0.3 is 5.97 Å². The van der Waals surface area contributed by atoms with E-state index >= 15 is 0 Å². The number of ether oxygens (including phenoxy) is 1. The highest BCUT2D eigenvalue weighted by atomic mass is 16.5. The fraction of sp³-hybridized carbons (Fsp3) is 0.0870. The number of carbonyl (C=O) groups excluding carboxylic acids is 1. The Labute approximate surface area is 152 Å². The van der Waals surface area contributed by atoms with Crippen LogP contribution in [0.25, 0.3) is 22.0 Å². The molecule has 0 amide bonds. The highest BCUT2D eigenvalue weighted by molar-refractivity contribution is 5.87. The molecule has 0 bridgehead atoms. The van der Waals surface area contributed by atoms with Crippen LogP contribution in [0.2, 0.25) is 0 Å². The Balaban J connectivity index is 1.37. The highest BCUT2D eigenvalue weighted by Crippen LogP contribution is 2.20. The summed E-state index contributed by atoms with van der Waals surface area (Å²) in [6.45, 7) is 0.288. The number of aromatic amines is 1. The van der Waals surface area contributed by atoms with E-state index in [0.29, 0.717) is 0 Å². The molecule has 4 aromatic rings. The van der Waals surface area contributed by atoms with Crippen molar-refractivity contribution in [2.45, 2.75) is 13.0 Å². The second-order valence-corrected chi connectivity index (χ2v) is 6.26. The van der Waals surface area contributed by atoms with E-state index in [1.165, 1.54) is 5.56 Å². The number of aromatic nitrogens is 1. The average Bonchev–Trinajstić information content (AvgIpc) is 3.10. The van der Waals surface area contributed by atoms with E-state index in [4.69, 9.17) is 4.74 Å². The molecule has 3 heteroatoms. The van der Waals surface area contributed by atoms with Crippen LogP contribution in [0.15, 0.2) is 85.1 Å². The number of esters is 1. The van der Waals surface area contributed by atoms with Gasteiger partial charge in [0.05, 0.1) is 6.42 Å². The maximum Gasteiger partial charge on any atom is 0.310 e. The maximum absolute atomic E-state index is 12.2. The van der Waals surface area contributed by atoms with Gasteiger partial charge in [0.2, 0.25) is 0 Å². The normalized spacial score (nSPS) is 10.8. The van der Waals surface area contributed by atoms with E-state index in [9.17, 15) is 4.79 Å². The van der Waals surface area contributed by atoms with Crippen molar-refractivity contribution in [3.63, 3.8) is 0 Å². The molecule has 3 nitrogen and oxygen atoms in total. The molecule has 0 atom stereocenters. The number of hydrogen-bond acceptors (Lipinski definition) is 2. The molecule has 0 aliphatic carbocycles. The lowest BCUT2D eigenvalue weighted by Gasteiger charge is -2.06.